The zero-order valence-corrected chi connectivity index (χ0v) is 22.1. The van der Waals surface area contributed by atoms with Crippen LogP contribution in [0.2, 0.25) is 0 Å². The molecule has 196 valence electrons. The van der Waals surface area contributed by atoms with Crippen LogP contribution in [0, 0.1) is 13.8 Å². The molecule has 1 N–H and O–H groups in total. The van der Waals surface area contributed by atoms with Gasteiger partial charge in [-0.15, -0.1) is 4.73 Å². The summed E-state index contributed by atoms with van der Waals surface area (Å²) < 4.78 is 16.9. The van der Waals surface area contributed by atoms with Gasteiger partial charge in [0.25, 0.3) is 5.56 Å². The molecule has 0 unspecified atom stereocenters. The maximum atomic E-state index is 11.9. The summed E-state index contributed by atoms with van der Waals surface area (Å²) in [6.45, 7) is 3.72. The molecule has 2 heterocycles. The lowest BCUT2D eigenvalue weighted by molar-refractivity contribution is 0.130. The molecule has 0 atom stereocenters. The summed E-state index contributed by atoms with van der Waals surface area (Å²) in [7, 11) is 6.14. The van der Waals surface area contributed by atoms with Gasteiger partial charge in [0, 0.05) is 30.0 Å². The molecule has 0 aliphatic heterocycles. The molecule has 2 aromatic heterocycles. The van der Waals surface area contributed by atoms with E-state index in [1.807, 2.05) is 50.2 Å². The second-order valence-corrected chi connectivity index (χ2v) is 8.47. The van der Waals surface area contributed by atoms with Gasteiger partial charge < -0.3 is 24.2 Å². The van der Waals surface area contributed by atoms with Gasteiger partial charge in [0.05, 0.1) is 37.6 Å². The molecule has 0 radical (unpaired) electrons. The fourth-order valence-corrected chi connectivity index (χ4v) is 4.12. The Morgan fingerprint density at radius 3 is 2.18 bits per heavy atom. The van der Waals surface area contributed by atoms with Gasteiger partial charge in [-0.3, -0.25) is 4.79 Å². The third-order valence-electron chi connectivity index (χ3n) is 6.09. The molecule has 38 heavy (non-hydrogen) atoms. The number of nitrogens with zero attached hydrogens (tertiary/aromatic N) is 3. The first-order chi connectivity index (χ1) is 18.3. The second kappa shape index (κ2) is 11.1. The Kier molecular flexibility index (Phi) is 7.66. The van der Waals surface area contributed by atoms with Crippen molar-refractivity contribution >= 4 is 21.7 Å². The summed E-state index contributed by atoms with van der Waals surface area (Å²) >= 11 is 0. The first kappa shape index (κ1) is 26.3. The van der Waals surface area contributed by atoms with Crippen LogP contribution in [0.5, 0.6) is 23.1 Å². The fraction of sp³-hybridized carbons (Fsp3) is 0.207. The molecule has 0 bridgehead atoms. The molecule has 0 fully saturated rings. The van der Waals surface area contributed by atoms with Crippen molar-refractivity contribution in [3.8, 4) is 34.5 Å². The van der Waals surface area contributed by atoms with Gasteiger partial charge in [0.15, 0.2) is 5.82 Å². The lowest BCUT2D eigenvalue weighted by Gasteiger charge is -2.10. The Bertz CT molecular complexity index is 1660. The number of fused-ring (bicyclic) bond motifs is 2. The molecule has 5 aromatic rings. The van der Waals surface area contributed by atoms with Gasteiger partial charge in [-0.25, -0.2) is 9.97 Å². The normalized spacial score (nSPS) is 10.6. The van der Waals surface area contributed by atoms with E-state index in [0.29, 0.717) is 34.3 Å². The van der Waals surface area contributed by atoms with Gasteiger partial charge in [-0.05, 0) is 48.6 Å². The fourth-order valence-electron chi connectivity index (χ4n) is 4.12. The van der Waals surface area contributed by atoms with E-state index in [9.17, 15) is 9.90 Å². The molecular weight excluding hydrogens is 486 g/mol. The summed E-state index contributed by atoms with van der Waals surface area (Å²) in [4.78, 5) is 25.9. The highest BCUT2D eigenvalue weighted by Gasteiger charge is 2.12. The van der Waals surface area contributed by atoms with Crippen LogP contribution < -0.4 is 24.6 Å². The predicted molar refractivity (Wildman–Crippen MR) is 146 cm³/mol. The Morgan fingerprint density at radius 1 is 0.842 bits per heavy atom. The van der Waals surface area contributed by atoms with Crippen LogP contribution in [0.25, 0.3) is 33.1 Å². The number of phenolic OH excluding ortho intramolecular Hbond substituents is 1. The summed E-state index contributed by atoms with van der Waals surface area (Å²) in [5, 5.41) is 12.2. The van der Waals surface area contributed by atoms with Crippen molar-refractivity contribution in [2.24, 2.45) is 0 Å². The first-order valence-electron chi connectivity index (χ1n) is 11.7. The highest BCUT2D eigenvalue weighted by atomic mass is 16.7. The van der Waals surface area contributed by atoms with Crippen LogP contribution in [0.1, 0.15) is 11.1 Å². The summed E-state index contributed by atoms with van der Waals surface area (Å²) in [5.41, 5.74) is 2.99. The summed E-state index contributed by atoms with van der Waals surface area (Å²) in [5.74, 6) is 2.64. The molecule has 0 aliphatic rings. The number of hydrogen-bond acceptors (Lipinski definition) is 8. The number of aryl methyl sites for hydroxylation is 2. The molecule has 0 saturated heterocycles. The van der Waals surface area contributed by atoms with Gasteiger partial charge in [0.2, 0.25) is 5.88 Å². The highest BCUT2D eigenvalue weighted by Crippen LogP contribution is 2.32. The standard InChI is InChI=1S/C18H18N2O3.C11H11NO3/c1-10-5-12(6-11(2)17(10)21)18-19-9-14-15(20-18)7-13(22-3)8-16(14)23-4;1-14-10-7-8-5-3-4-6-9(8)11(13)12(10)15-2/h5-9,21H,1-4H3;3-7H,1-2H3. The number of aromatic hydroxyl groups is 1. The predicted octanol–water partition coefficient (Wildman–Crippen LogP) is 4.70. The van der Waals surface area contributed by atoms with Gasteiger partial charge >= 0.3 is 0 Å². The third-order valence-corrected chi connectivity index (χ3v) is 6.09. The molecule has 9 heteroatoms. The molecule has 3 aromatic carbocycles. The SMILES string of the molecule is COc1cc(OC)c2cnc(-c3cc(C)c(O)c(C)c3)nc2c1.COc1cc2ccccc2c(=O)n1OC. The molecule has 0 aliphatic carbocycles. The molecule has 0 saturated carbocycles. The Hall–Kier alpha value is -4.79. The van der Waals surface area contributed by atoms with Crippen molar-refractivity contribution < 1.29 is 24.2 Å². The number of ether oxygens (including phenoxy) is 3. The lowest BCUT2D eigenvalue weighted by atomic mass is 10.1. The number of rotatable bonds is 5. The molecule has 0 amide bonds. The third kappa shape index (κ3) is 5.04. The topological polar surface area (TPSA) is 105 Å². The van der Waals surface area contributed by atoms with Crippen molar-refractivity contribution in [2.75, 3.05) is 28.4 Å². The largest absolute Gasteiger partial charge is 0.507 e. The van der Waals surface area contributed by atoms with Crippen molar-refractivity contribution in [2.45, 2.75) is 13.8 Å². The minimum Gasteiger partial charge on any atom is -0.507 e. The van der Waals surface area contributed by atoms with E-state index in [0.717, 1.165) is 37.7 Å². The van der Waals surface area contributed by atoms with E-state index in [1.165, 1.54) is 14.2 Å². The lowest BCUT2D eigenvalue weighted by Crippen LogP contribution is -2.25. The van der Waals surface area contributed by atoms with Crippen LogP contribution >= 0.6 is 0 Å². The number of hydrogen-bond donors (Lipinski definition) is 1. The van der Waals surface area contributed by atoms with E-state index in [4.69, 9.17) is 19.0 Å². The molecule has 9 nitrogen and oxygen atoms in total. The number of benzene rings is 3. The molecular formula is C29H29N3O6. The Balaban J connectivity index is 0.000000194. The van der Waals surface area contributed by atoms with Crippen molar-refractivity contribution in [3.05, 3.63) is 82.3 Å². The van der Waals surface area contributed by atoms with E-state index in [1.54, 1.807) is 38.6 Å². The van der Waals surface area contributed by atoms with Crippen LogP contribution in [-0.4, -0.2) is 48.2 Å². The second-order valence-electron chi connectivity index (χ2n) is 8.47. The average Bonchev–Trinajstić information content (AvgIpc) is 2.94. The number of pyridine rings is 1. The summed E-state index contributed by atoms with van der Waals surface area (Å²) in [6.07, 6.45) is 1.74. The number of phenols is 1. The van der Waals surface area contributed by atoms with Crippen LogP contribution in [0.3, 0.4) is 0 Å². The average molecular weight is 516 g/mol. The zero-order valence-electron chi connectivity index (χ0n) is 22.1. The maximum Gasteiger partial charge on any atom is 0.294 e. The van der Waals surface area contributed by atoms with Gasteiger partial charge in [-0.2, -0.15) is 0 Å². The Morgan fingerprint density at radius 2 is 1.55 bits per heavy atom. The van der Waals surface area contributed by atoms with Crippen molar-refractivity contribution in [1.29, 1.82) is 0 Å². The van der Waals surface area contributed by atoms with Crippen LogP contribution in [0.15, 0.2) is 65.6 Å². The quantitative estimate of drug-likeness (QED) is 0.359. The van der Waals surface area contributed by atoms with E-state index in [2.05, 4.69) is 9.97 Å². The van der Waals surface area contributed by atoms with E-state index < -0.39 is 0 Å². The van der Waals surface area contributed by atoms with Gasteiger partial charge in [0.1, 0.15) is 24.4 Å². The molecule has 0 spiro atoms. The van der Waals surface area contributed by atoms with Crippen LogP contribution in [-0.2, 0) is 0 Å². The van der Waals surface area contributed by atoms with Crippen LogP contribution in [0.4, 0.5) is 0 Å². The zero-order chi connectivity index (χ0) is 27.4. The minimum absolute atomic E-state index is 0.215. The number of aromatic nitrogens is 3. The van der Waals surface area contributed by atoms with Crippen molar-refractivity contribution in [3.63, 3.8) is 0 Å². The number of methoxy groups -OCH3 is 3. The minimum atomic E-state index is -0.215. The Labute approximate surface area is 219 Å². The van der Waals surface area contributed by atoms with E-state index in [-0.39, 0.29) is 5.56 Å². The highest BCUT2D eigenvalue weighted by molar-refractivity contribution is 5.87. The molecule has 5 rings (SSSR count). The van der Waals surface area contributed by atoms with Gasteiger partial charge in [-0.1, -0.05) is 18.2 Å². The maximum absolute atomic E-state index is 11.9. The smallest absolute Gasteiger partial charge is 0.294 e. The first-order valence-corrected chi connectivity index (χ1v) is 11.7. The summed E-state index contributed by atoms with van der Waals surface area (Å²) in [6, 6.07) is 16.5. The van der Waals surface area contributed by atoms with E-state index >= 15 is 0 Å². The van der Waals surface area contributed by atoms with Crippen molar-refractivity contribution in [1.82, 2.24) is 14.7 Å². The monoisotopic (exact) mass is 515 g/mol.